The Hall–Kier alpha value is -2.90. The number of piperidine rings is 1. The zero-order valence-corrected chi connectivity index (χ0v) is 18.8. The Morgan fingerprint density at radius 2 is 2.12 bits per heavy atom. The molecule has 1 aromatic heterocycles. The third-order valence-electron chi connectivity index (χ3n) is 5.66. The smallest absolute Gasteiger partial charge is 0.241 e. The molecule has 0 radical (unpaired) electrons. The molecule has 0 spiro atoms. The maximum Gasteiger partial charge on any atom is 0.241 e. The number of likely N-dealkylation sites (tertiary alicyclic amines) is 1. The molecule has 168 valence electrons. The Balaban J connectivity index is 1.26. The van der Waals surface area contributed by atoms with E-state index in [0.717, 1.165) is 37.1 Å². The van der Waals surface area contributed by atoms with E-state index >= 15 is 0 Å². The molecule has 32 heavy (non-hydrogen) atoms. The summed E-state index contributed by atoms with van der Waals surface area (Å²) in [6.45, 7) is 2.74. The average molecular weight is 455 g/mol. The van der Waals surface area contributed by atoms with E-state index in [4.69, 9.17) is 20.9 Å². The van der Waals surface area contributed by atoms with Gasteiger partial charge >= 0.3 is 0 Å². The summed E-state index contributed by atoms with van der Waals surface area (Å²) in [5.74, 6) is 1.97. The van der Waals surface area contributed by atoms with Gasteiger partial charge in [-0.2, -0.15) is 4.98 Å². The fourth-order valence-electron chi connectivity index (χ4n) is 3.93. The maximum absolute atomic E-state index is 12.7. The summed E-state index contributed by atoms with van der Waals surface area (Å²) in [6.07, 6.45) is 2.65. The predicted octanol–water partition coefficient (Wildman–Crippen LogP) is 3.97. The number of rotatable bonds is 8. The second-order valence-electron chi connectivity index (χ2n) is 7.99. The van der Waals surface area contributed by atoms with Gasteiger partial charge in [-0.1, -0.05) is 41.0 Å². The van der Waals surface area contributed by atoms with Crippen LogP contribution >= 0.6 is 11.6 Å². The Kier molecular flexibility index (Phi) is 7.39. The largest absolute Gasteiger partial charge is 0.497 e. The number of aromatic nitrogens is 2. The summed E-state index contributed by atoms with van der Waals surface area (Å²) in [5.41, 5.74) is 1.99. The lowest BCUT2D eigenvalue weighted by atomic mass is 9.97. The van der Waals surface area contributed by atoms with Gasteiger partial charge in [0.25, 0.3) is 0 Å². The van der Waals surface area contributed by atoms with Crippen molar-refractivity contribution in [2.45, 2.75) is 25.8 Å². The highest BCUT2D eigenvalue weighted by Crippen LogP contribution is 2.22. The lowest BCUT2D eigenvalue weighted by Gasteiger charge is -2.30. The Bertz CT molecular complexity index is 1040. The standard InChI is InChI=1S/C24H27ClN4O3/c1-31-21-9-7-17(8-10-21)11-12-26-24(30)19-5-3-13-29(15-19)16-22-27-23(28-32-22)18-4-2-6-20(25)14-18/h2,4,6-10,14,19H,3,5,11-13,15-16H2,1H3,(H,26,30). The van der Waals surface area contributed by atoms with Crippen LogP contribution in [0.4, 0.5) is 0 Å². The number of benzene rings is 2. The van der Waals surface area contributed by atoms with Crippen molar-refractivity contribution < 1.29 is 14.1 Å². The molecule has 1 aliphatic rings. The topological polar surface area (TPSA) is 80.5 Å². The van der Waals surface area contributed by atoms with Crippen LogP contribution in [0.2, 0.25) is 5.02 Å². The van der Waals surface area contributed by atoms with Crippen molar-refractivity contribution in [2.24, 2.45) is 5.92 Å². The molecule has 1 fully saturated rings. The van der Waals surface area contributed by atoms with Crippen LogP contribution in [0.1, 0.15) is 24.3 Å². The first-order chi connectivity index (χ1) is 15.6. The summed E-state index contributed by atoms with van der Waals surface area (Å²) in [4.78, 5) is 19.4. The minimum atomic E-state index is -0.0325. The van der Waals surface area contributed by atoms with Crippen molar-refractivity contribution in [1.29, 1.82) is 0 Å². The number of methoxy groups -OCH3 is 1. The van der Waals surface area contributed by atoms with E-state index in [-0.39, 0.29) is 11.8 Å². The molecule has 0 saturated carbocycles. The number of nitrogens with zero attached hydrogens (tertiary/aromatic N) is 3. The molecule has 3 aromatic rings. The molecule has 2 heterocycles. The van der Waals surface area contributed by atoms with Gasteiger partial charge in [0.15, 0.2) is 0 Å². The van der Waals surface area contributed by atoms with E-state index in [1.54, 1.807) is 7.11 Å². The quantitative estimate of drug-likeness (QED) is 0.554. The molecule has 4 rings (SSSR count). The van der Waals surface area contributed by atoms with Gasteiger partial charge in [0.2, 0.25) is 17.6 Å². The van der Waals surface area contributed by atoms with Crippen LogP contribution < -0.4 is 10.1 Å². The van der Waals surface area contributed by atoms with Crippen LogP contribution in [-0.4, -0.2) is 47.7 Å². The van der Waals surface area contributed by atoms with Gasteiger partial charge in [0.1, 0.15) is 5.75 Å². The Morgan fingerprint density at radius 3 is 2.91 bits per heavy atom. The van der Waals surface area contributed by atoms with Crippen LogP contribution in [0, 0.1) is 5.92 Å². The molecular formula is C24H27ClN4O3. The van der Waals surface area contributed by atoms with Gasteiger partial charge in [0, 0.05) is 23.7 Å². The molecule has 1 unspecified atom stereocenters. The van der Waals surface area contributed by atoms with E-state index in [9.17, 15) is 4.79 Å². The summed E-state index contributed by atoms with van der Waals surface area (Å²) in [6, 6.07) is 15.3. The molecule has 1 N–H and O–H groups in total. The van der Waals surface area contributed by atoms with Crippen molar-refractivity contribution in [3.8, 4) is 17.1 Å². The highest BCUT2D eigenvalue weighted by molar-refractivity contribution is 6.30. The molecule has 7 nitrogen and oxygen atoms in total. The number of carbonyl (C=O) groups excluding carboxylic acids is 1. The number of hydrogen-bond acceptors (Lipinski definition) is 6. The van der Waals surface area contributed by atoms with Crippen LogP contribution in [0.25, 0.3) is 11.4 Å². The molecule has 0 bridgehead atoms. The summed E-state index contributed by atoms with van der Waals surface area (Å²) in [7, 11) is 1.65. The number of carbonyl (C=O) groups is 1. The van der Waals surface area contributed by atoms with Gasteiger partial charge in [-0.3, -0.25) is 9.69 Å². The van der Waals surface area contributed by atoms with E-state index in [2.05, 4.69) is 20.4 Å². The minimum absolute atomic E-state index is 0.0325. The Labute approximate surface area is 192 Å². The van der Waals surface area contributed by atoms with Crippen LogP contribution in [-0.2, 0) is 17.8 Å². The summed E-state index contributed by atoms with van der Waals surface area (Å²) >= 11 is 6.05. The molecule has 1 aliphatic heterocycles. The number of nitrogens with one attached hydrogen (secondary N) is 1. The first-order valence-corrected chi connectivity index (χ1v) is 11.2. The highest BCUT2D eigenvalue weighted by atomic mass is 35.5. The summed E-state index contributed by atoms with van der Waals surface area (Å²) < 4.78 is 10.6. The molecule has 8 heteroatoms. The summed E-state index contributed by atoms with van der Waals surface area (Å²) in [5, 5.41) is 7.78. The first-order valence-electron chi connectivity index (χ1n) is 10.8. The third kappa shape index (κ3) is 5.87. The van der Waals surface area contributed by atoms with E-state index in [1.165, 1.54) is 5.56 Å². The minimum Gasteiger partial charge on any atom is -0.497 e. The lowest BCUT2D eigenvalue weighted by Crippen LogP contribution is -2.43. The van der Waals surface area contributed by atoms with Gasteiger partial charge in [-0.15, -0.1) is 0 Å². The third-order valence-corrected chi connectivity index (χ3v) is 5.89. The van der Waals surface area contributed by atoms with Crippen molar-refractivity contribution in [3.63, 3.8) is 0 Å². The molecule has 1 atom stereocenters. The number of hydrogen-bond donors (Lipinski definition) is 1. The van der Waals surface area contributed by atoms with E-state index < -0.39 is 0 Å². The molecule has 1 amide bonds. The second-order valence-corrected chi connectivity index (χ2v) is 8.42. The molecule has 0 aliphatic carbocycles. The zero-order valence-electron chi connectivity index (χ0n) is 18.1. The lowest BCUT2D eigenvalue weighted by molar-refractivity contribution is -0.126. The van der Waals surface area contributed by atoms with Crippen molar-refractivity contribution in [3.05, 3.63) is 65.0 Å². The predicted molar refractivity (Wildman–Crippen MR) is 122 cm³/mol. The van der Waals surface area contributed by atoms with E-state index in [1.807, 2.05) is 48.5 Å². The Morgan fingerprint density at radius 1 is 1.28 bits per heavy atom. The number of halogens is 1. The van der Waals surface area contributed by atoms with Gasteiger partial charge in [0.05, 0.1) is 19.6 Å². The first kappa shape index (κ1) is 22.3. The maximum atomic E-state index is 12.7. The van der Waals surface area contributed by atoms with Crippen molar-refractivity contribution >= 4 is 17.5 Å². The fourth-order valence-corrected chi connectivity index (χ4v) is 4.13. The van der Waals surface area contributed by atoms with Crippen molar-refractivity contribution in [1.82, 2.24) is 20.4 Å². The fraction of sp³-hybridized carbons (Fsp3) is 0.375. The van der Waals surface area contributed by atoms with Gasteiger partial charge < -0.3 is 14.6 Å². The highest BCUT2D eigenvalue weighted by Gasteiger charge is 2.26. The number of ether oxygens (including phenoxy) is 1. The monoisotopic (exact) mass is 454 g/mol. The normalized spacial score (nSPS) is 16.6. The average Bonchev–Trinajstić information content (AvgIpc) is 3.28. The van der Waals surface area contributed by atoms with Crippen LogP contribution in [0.5, 0.6) is 5.75 Å². The van der Waals surface area contributed by atoms with Crippen LogP contribution in [0.15, 0.2) is 53.1 Å². The molecule has 1 saturated heterocycles. The zero-order chi connectivity index (χ0) is 22.3. The second kappa shape index (κ2) is 10.6. The number of amides is 1. The van der Waals surface area contributed by atoms with Crippen LogP contribution in [0.3, 0.4) is 0 Å². The molecular weight excluding hydrogens is 428 g/mol. The van der Waals surface area contributed by atoms with Crippen molar-refractivity contribution in [2.75, 3.05) is 26.7 Å². The molecule has 2 aromatic carbocycles. The van der Waals surface area contributed by atoms with Gasteiger partial charge in [-0.05, 0) is 55.6 Å². The van der Waals surface area contributed by atoms with E-state index in [0.29, 0.717) is 36.4 Å². The van der Waals surface area contributed by atoms with Gasteiger partial charge in [-0.25, -0.2) is 0 Å². The SMILES string of the molecule is COc1ccc(CCNC(=O)C2CCCN(Cc3nc(-c4cccc(Cl)c4)no3)C2)cc1.